The number of hydrogen-bond acceptors (Lipinski definition) is 2. The second-order valence-corrected chi connectivity index (χ2v) is 4.83. The molecule has 0 heterocycles. The van der Waals surface area contributed by atoms with Gasteiger partial charge >= 0.3 is 5.97 Å². The van der Waals surface area contributed by atoms with Gasteiger partial charge in [0.2, 0.25) is 0 Å². The molecule has 0 aromatic heterocycles. The van der Waals surface area contributed by atoms with E-state index >= 15 is 0 Å². The maximum Gasteiger partial charge on any atom is 0.334 e. The van der Waals surface area contributed by atoms with Crippen LogP contribution in [-0.2, 0) is 9.53 Å². The molecule has 1 aliphatic carbocycles. The highest BCUT2D eigenvalue weighted by Gasteiger charge is 2.20. The molecule has 0 saturated carbocycles. The van der Waals surface area contributed by atoms with Crippen molar-refractivity contribution in [3.8, 4) is 0 Å². The van der Waals surface area contributed by atoms with Gasteiger partial charge < -0.3 is 4.74 Å². The Balaban J connectivity index is 2.50. The number of esters is 1. The molecule has 94 valence electrons. The molecular formula is C15H15ClO2. The average Bonchev–Trinajstić information content (AvgIpc) is 2.38. The second-order valence-electron chi connectivity index (χ2n) is 4.34. The molecule has 1 aromatic carbocycles. The summed E-state index contributed by atoms with van der Waals surface area (Å²) in [6.45, 7) is 2.03. The van der Waals surface area contributed by atoms with Crippen molar-refractivity contribution in [1.29, 1.82) is 0 Å². The van der Waals surface area contributed by atoms with Crippen LogP contribution in [0.25, 0.3) is 5.57 Å². The summed E-state index contributed by atoms with van der Waals surface area (Å²) in [7, 11) is 1.40. The van der Waals surface area contributed by atoms with Crippen molar-refractivity contribution in [2.45, 2.75) is 19.8 Å². The maximum atomic E-state index is 11.8. The molecule has 18 heavy (non-hydrogen) atoms. The average molecular weight is 263 g/mol. The molecule has 0 fully saturated rings. The smallest absolute Gasteiger partial charge is 0.334 e. The van der Waals surface area contributed by atoms with Gasteiger partial charge in [0.25, 0.3) is 0 Å². The van der Waals surface area contributed by atoms with Crippen molar-refractivity contribution in [2.75, 3.05) is 7.11 Å². The third-order valence-electron chi connectivity index (χ3n) is 3.03. The zero-order valence-electron chi connectivity index (χ0n) is 10.5. The summed E-state index contributed by atoms with van der Waals surface area (Å²) in [6, 6.07) is 8.04. The third kappa shape index (κ3) is 2.65. The zero-order valence-corrected chi connectivity index (χ0v) is 11.3. The molecule has 3 heteroatoms. The number of allylic oxidation sites excluding steroid dienone is 3. The second kappa shape index (κ2) is 5.40. The van der Waals surface area contributed by atoms with E-state index < -0.39 is 0 Å². The molecule has 0 radical (unpaired) electrons. The van der Waals surface area contributed by atoms with E-state index in [1.165, 1.54) is 12.7 Å². The molecule has 0 saturated heterocycles. The summed E-state index contributed by atoms with van der Waals surface area (Å²) in [5.41, 5.74) is 3.76. The number of hydrogen-bond donors (Lipinski definition) is 0. The molecule has 0 unspecified atom stereocenters. The quantitative estimate of drug-likeness (QED) is 0.757. The topological polar surface area (TPSA) is 26.3 Å². The van der Waals surface area contributed by atoms with E-state index in [2.05, 4.69) is 0 Å². The number of carbonyl (C=O) groups is 1. The highest BCUT2D eigenvalue weighted by molar-refractivity contribution is 6.30. The lowest BCUT2D eigenvalue weighted by Gasteiger charge is -2.16. The van der Waals surface area contributed by atoms with Crippen LogP contribution < -0.4 is 0 Å². The fourth-order valence-corrected chi connectivity index (χ4v) is 2.22. The third-order valence-corrected chi connectivity index (χ3v) is 3.33. The molecule has 0 amide bonds. The molecule has 0 spiro atoms. The molecule has 0 aliphatic heterocycles. The lowest BCUT2D eigenvalue weighted by atomic mass is 9.92. The van der Waals surface area contributed by atoms with Gasteiger partial charge in [-0.05, 0) is 37.0 Å². The molecule has 2 nitrogen and oxygen atoms in total. The number of halogens is 1. The largest absolute Gasteiger partial charge is 0.466 e. The van der Waals surface area contributed by atoms with Crippen LogP contribution in [0.4, 0.5) is 0 Å². The summed E-state index contributed by atoms with van der Waals surface area (Å²) in [4.78, 5) is 11.8. The summed E-state index contributed by atoms with van der Waals surface area (Å²) in [5.74, 6) is -0.272. The van der Waals surface area contributed by atoms with E-state index in [1.54, 1.807) is 0 Å². The molecule has 1 aromatic rings. The number of carbonyl (C=O) groups excluding carboxylic acids is 1. The van der Waals surface area contributed by atoms with E-state index in [0.717, 1.165) is 16.2 Å². The fraction of sp³-hybridized carbons (Fsp3) is 0.267. The van der Waals surface area contributed by atoms with Gasteiger partial charge in [0.1, 0.15) is 0 Å². The Morgan fingerprint density at radius 3 is 2.50 bits per heavy atom. The first kappa shape index (κ1) is 12.9. The number of methoxy groups -OCH3 is 1. The van der Waals surface area contributed by atoms with Crippen LogP contribution in [0.5, 0.6) is 0 Å². The van der Waals surface area contributed by atoms with Crippen LogP contribution >= 0.6 is 11.6 Å². The minimum atomic E-state index is -0.272. The van der Waals surface area contributed by atoms with Gasteiger partial charge in [-0.2, -0.15) is 0 Å². The minimum absolute atomic E-state index is 0.272. The first-order valence-electron chi connectivity index (χ1n) is 5.86. The van der Waals surface area contributed by atoms with Crippen LogP contribution in [0, 0.1) is 6.92 Å². The maximum absolute atomic E-state index is 11.8. The van der Waals surface area contributed by atoms with Crippen LogP contribution in [0.3, 0.4) is 0 Å². The number of rotatable bonds is 2. The predicted octanol–water partition coefficient (Wildman–Crippen LogP) is 3.84. The minimum Gasteiger partial charge on any atom is -0.466 e. The van der Waals surface area contributed by atoms with Crippen LogP contribution in [0.15, 0.2) is 40.9 Å². The van der Waals surface area contributed by atoms with Crippen molar-refractivity contribution >= 4 is 23.1 Å². The lowest BCUT2D eigenvalue weighted by Crippen LogP contribution is -2.10. The first-order chi connectivity index (χ1) is 8.61. The van der Waals surface area contributed by atoms with Crippen LogP contribution in [0.2, 0.25) is 0 Å². The van der Waals surface area contributed by atoms with Crippen LogP contribution in [-0.4, -0.2) is 13.1 Å². The zero-order chi connectivity index (χ0) is 13.1. The van der Waals surface area contributed by atoms with Gasteiger partial charge in [-0.25, -0.2) is 4.79 Å². The molecule has 0 N–H and O–H groups in total. The Morgan fingerprint density at radius 2 is 1.89 bits per heavy atom. The predicted molar refractivity (Wildman–Crippen MR) is 73.3 cm³/mol. The Morgan fingerprint density at radius 1 is 1.22 bits per heavy atom. The standard InChI is InChI=1S/C15H15ClO2/c1-10-3-5-11(6-4-10)14-9-12(16)7-8-13(14)15(17)18-2/h3-6,9H,7-8H2,1-2H3. The van der Waals surface area contributed by atoms with Crippen LogP contribution in [0.1, 0.15) is 24.0 Å². The van der Waals surface area contributed by atoms with Gasteiger partial charge in [0, 0.05) is 10.6 Å². The van der Waals surface area contributed by atoms with E-state index in [1.807, 2.05) is 37.3 Å². The Kier molecular flexibility index (Phi) is 3.87. The Hall–Kier alpha value is -1.54. The Labute approximate surface area is 112 Å². The molecule has 0 atom stereocenters. The highest BCUT2D eigenvalue weighted by Crippen LogP contribution is 2.33. The van der Waals surface area contributed by atoms with Crippen molar-refractivity contribution in [3.63, 3.8) is 0 Å². The van der Waals surface area contributed by atoms with Gasteiger partial charge in [-0.3, -0.25) is 0 Å². The molecule has 1 aliphatic rings. The lowest BCUT2D eigenvalue weighted by molar-refractivity contribution is -0.136. The molecule has 0 bridgehead atoms. The molecule has 2 rings (SSSR count). The SMILES string of the molecule is COC(=O)C1=C(c2ccc(C)cc2)C=C(Cl)CC1. The summed E-state index contributed by atoms with van der Waals surface area (Å²) in [6.07, 6.45) is 3.19. The summed E-state index contributed by atoms with van der Waals surface area (Å²) >= 11 is 6.08. The summed E-state index contributed by atoms with van der Waals surface area (Å²) in [5, 5.41) is 0.776. The van der Waals surface area contributed by atoms with Crippen molar-refractivity contribution in [3.05, 3.63) is 52.1 Å². The van der Waals surface area contributed by atoms with E-state index in [9.17, 15) is 4.79 Å². The number of aryl methyl sites for hydroxylation is 1. The normalized spacial score (nSPS) is 15.4. The van der Waals surface area contributed by atoms with Gasteiger partial charge in [0.15, 0.2) is 0 Å². The van der Waals surface area contributed by atoms with E-state index in [-0.39, 0.29) is 5.97 Å². The summed E-state index contributed by atoms with van der Waals surface area (Å²) < 4.78 is 4.83. The van der Waals surface area contributed by atoms with Gasteiger partial charge in [0.05, 0.1) is 7.11 Å². The van der Waals surface area contributed by atoms with Crippen molar-refractivity contribution < 1.29 is 9.53 Å². The van der Waals surface area contributed by atoms with Gasteiger partial charge in [-0.1, -0.05) is 41.4 Å². The van der Waals surface area contributed by atoms with Gasteiger partial charge in [-0.15, -0.1) is 0 Å². The van der Waals surface area contributed by atoms with Crippen molar-refractivity contribution in [1.82, 2.24) is 0 Å². The van der Waals surface area contributed by atoms with Crippen molar-refractivity contribution in [2.24, 2.45) is 0 Å². The number of benzene rings is 1. The highest BCUT2D eigenvalue weighted by atomic mass is 35.5. The monoisotopic (exact) mass is 262 g/mol. The number of ether oxygens (including phenoxy) is 1. The Bertz CT molecular complexity index is 524. The fourth-order valence-electron chi connectivity index (χ4n) is 2.02. The molecular weight excluding hydrogens is 248 g/mol. The van der Waals surface area contributed by atoms with E-state index in [4.69, 9.17) is 16.3 Å². The first-order valence-corrected chi connectivity index (χ1v) is 6.24. The van der Waals surface area contributed by atoms with E-state index in [0.29, 0.717) is 18.4 Å².